The first-order valence-electron chi connectivity index (χ1n) is 2.67. The molecule has 0 aliphatic heterocycles. The SMILES string of the molecule is CNC(C(=O)O)C(C)O.Cl. The van der Waals surface area contributed by atoms with Crippen molar-refractivity contribution in [3.05, 3.63) is 0 Å². The normalized spacial score (nSPS) is 15.1. The molecule has 0 saturated heterocycles. The van der Waals surface area contributed by atoms with Crippen LogP contribution in [0.2, 0.25) is 0 Å². The smallest absolute Gasteiger partial charge is 0.323 e. The molecule has 0 aromatic heterocycles. The van der Waals surface area contributed by atoms with Crippen molar-refractivity contribution < 1.29 is 15.0 Å². The van der Waals surface area contributed by atoms with Gasteiger partial charge >= 0.3 is 5.97 Å². The standard InChI is InChI=1S/C5H11NO3.ClH/c1-3(7)4(6-2)5(8)9;/h3-4,6-7H,1-2H3,(H,8,9);1H. The predicted octanol–water partition coefficient (Wildman–Crippen LogP) is -0.538. The minimum Gasteiger partial charge on any atom is -0.480 e. The van der Waals surface area contributed by atoms with E-state index < -0.39 is 18.1 Å². The fourth-order valence-electron chi connectivity index (χ4n) is 0.571. The van der Waals surface area contributed by atoms with E-state index in [0.717, 1.165) is 0 Å². The van der Waals surface area contributed by atoms with E-state index >= 15 is 0 Å². The Morgan fingerprint density at radius 3 is 2.00 bits per heavy atom. The Morgan fingerprint density at radius 2 is 2.00 bits per heavy atom. The minimum atomic E-state index is -1.03. The van der Waals surface area contributed by atoms with Gasteiger partial charge in [0.2, 0.25) is 0 Å². The number of aliphatic hydroxyl groups is 1. The van der Waals surface area contributed by atoms with Crippen LogP contribution in [0.25, 0.3) is 0 Å². The van der Waals surface area contributed by atoms with Crippen molar-refractivity contribution in [1.82, 2.24) is 5.32 Å². The maximum atomic E-state index is 10.1. The molecule has 0 spiro atoms. The highest BCUT2D eigenvalue weighted by Gasteiger charge is 2.19. The molecule has 0 rings (SSSR count). The zero-order valence-electron chi connectivity index (χ0n) is 5.87. The second kappa shape index (κ2) is 5.46. The summed E-state index contributed by atoms with van der Waals surface area (Å²) in [6.45, 7) is 1.43. The van der Waals surface area contributed by atoms with Gasteiger partial charge in [-0.15, -0.1) is 12.4 Å². The summed E-state index contributed by atoms with van der Waals surface area (Å²) in [5, 5.41) is 19.5. The molecule has 0 radical (unpaired) electrons. The summed E-state index contributed by atoms with van der Waals surface area (Å²) in [5.74, 6) is -1.03. The number of carbonyl (C=O) groups is 1. The van der Waals surface area contributed by atoms with E-state index in [0.29, 0.717) is 0 Å². The van der Waals surface area contributed by atoms with Crippen LogP contribution in [-0.4, -0.2) is 35.4 Å². The highest BCUT2D eigenvalue weighted by Crippen LogP contribution is 1.89. The molecular weight excluding hydrogens is 158 g/mol. The summed E-state index contributed by atoms with van der Waals surface area (Å²) in [6.07, 6.45) is -0.854. The van der Waals surface area contributed by atoms with Gasteiger partial charge in [-0.2, -0.15) is 0 Å². The third kappa shape index (κ3) is 3.66. The molecule has 0 aromatic rings. The number of aliphatic carboxylic acids is 1. The molecule has 4 nitrogen and oxygen atoms in total. The zero-order chi connectivity index (χ0) is 7.44. The van der Waals surface area contributed by atoms with Crippen LogP contribution in [0.1, 0.15) is 6.92 Å². The van der Waals surface area contributed by atoms with E-state index in [1.165, 1.54) is 14.0 Å². The first-order chi connectivity index (χ1) is 4.09. The summed E-state index contributed by atoms with van der Waals surface area (Å²) in [7, 11) is 1.49. The number of halogens is 1. The maximum Gasteiger partial charge on any atom is 0.323 e. The third-order valence-electron chi connectivity index (χ3n) is 1.06. The van der Waals surface area contributed by atoms with Crippen molar-refractivity contribution in [2.75, 3.05) is 7.05 Å². The number of carboxylic acids is 1. The van der Waals surface area contributed by atoms with Crippen LogP contribution in [0.15, 0.2) is 0 Å². The number of aliphatic hydroxyl groups excluding tert-OH is 1. The minimum absolute atomic E-state index is 0. The van der Waals surface area contributed by atoms with Gasteiger partial charge in [0, 0.05) is 0 Å². The van der Waals surface area contributed by atoms with Crippen LogP contribution in [0.5, 0.6) is 0 Å². The van der Waals surface area contributed by atoms with Crippen LogP contribution >= 0.6 is 12.4 Å². The van der Waals surface area contributed by atoms with Crippen molar-refractivity contribution >= 4 is 18.4 Å². The summed E-state index contributed by atoms with van der Waals surface area (Å²) in [6, 6.07) is -0.856. The molecule has 5 heteroatoms. The molecule has 2 atom stereocenters. The monoisotopic (exact) mass is 169 g/mol. The predicted molar refractivity (Wildman–Crippen MR) is 39.4 cm³/mol. The van der Waals surface area contributed by atoms with Gasteiger partial charge in [0.1, 0.15) is 6.04 Å². The third-order valence-corrected chi connectivity index (χ3v) is 1.06. The molecular formula is C5H12ClNO3. The highest BCUT2D eigenvalue weighted by atomic mass is 35.5. The fourth-order valence-corrected chi connectivity index (χ4v) is 0.571. The molecule has 0 aromatic carbocycles. The number of hydrogen-bond donors (Lipinski definition) is 3. The Bertz CT molecular complexity index is 107. The van der Waals surface area contributed by atoms with Crippen molar-refractivity contribution in [3.8, 4) is 0 Å². The van der Waals surface area contributed by atoms with Crippen LogP contribution in [0, 0.1) is 0 Å². The molecule has 2 unspecified atom stereocenters. The van der Waals surface area contributed by atoms with Crippen LogP contribution in [0.3, 0.4) is 0 Å². The lowest BCUT2D eigenvalue weighted by Gasteiger charge is -2.12. The number of hydrogen-bond acceptors (Lipinski definition) is 3. The number of carboxylic acid groups (broad SMARTS) is 1. The first-order valence-corrected chi connectivity index (χ1v) is 2.67. The number of rotatable bonds is 3. The molecule has 0 amide bonds. The average Bonchev–Trinajstić information content (AvgIpc) is 1.64. The molecule has 0 heterocycles. The first kappa shape index (κ1) is 12.4. The van der Waals surface area contributed by atoms with Crippen LogP contribution in [-0.2, 0) is 4.79 Å². The van der Waals surface area contributed by atoms with Crippen molar-refractivity contribution in [2.45, 2.75) is 19.1 Å². The van der Waals surface area contributed by atoms with Crippen molar-refractivity contribution in [2.24, 2.45) is 0 Å². The molecule has 0 saturated carbocycles. The maximum absolute atomic E-state index is 10.1. The average molecular weight is 170 g/mol. The Hall–Kier alpha value is -0.320. The van der Waals surface area contributed by atoms with Gasteiger partial charge in [0.25, 0.3) is 0 Å². The number of likely N-dealkylation sites (N-methyl/N-ethyl adjacent to an activating group) is 1. The van der Waals surface area contributed by atoms with Crippen molar-refractivity contribution in [3.63, 3.8) is 0 Å². The topological polar surface area (TPSA) is 69.6 Å². The Kier molecular flexibility index (Phi) is 6.76. The Balaban J connectivity index is 0. The Morgan fingerprint density at radius 1 is 1.60 bits per heavy atom. The van der Waals surface area contributed by atoms with Gasteiger partial charge in [-0.3, -0.25) is 4.79 Å². The van der Waals surface area contributed by atoms with Gasteiger partial charge < -0.3 is 15.5 Å². The van der Waals surface area contributed by atoms with E-state index in [4.69, 9.17) is 10.2 Å². The lowest BCUT2D eigenvalue weighted by molar-refractivity contribution is -0.141. The quantitative estimate of drug-likeness (QED) is 0.531. The molecule has 62 valence electrons. The van der Waals surface area contributed by atoms with Gasteiger partial charge in [-0.05, 0) is 14.0 Å². The largest absolute Gasteiger partial charge is 0.480 e. The zero-order valence-corrected chi connectivity index (χ0v) is 6.68. The second-order valence-corrected chi connectivity index (χ2v) is 1.85. The summed E-state index contributed by atoms with van der Waals surface area (Å²) >= 11 is 0. The van der Waals surface area contributed by atoms with Crippen LogP contribution in [0.4, 0.5) is 0 Å². The molecule has 0 fully saturated rings. The lowest BCUT2D eigenvalue weighted by atomic mass is 10.2. The summed E-state index contributed by atoms with van der Waals surface area (Å²) in [5.41, 5.74) is 0. The van der Waals surface area contributed by atoms with Gasteiger partial charge in [-0.25, -0.2) is 0 Å². The van der Waals surface area contributed by atoms with Gasteiger partial charge in [0.05, 0.1) is 6.10 Å². The molecule has 3 N–H and O–H groups in total. The van der Waals surface area contributed by atoms with E-state index in [2.05, 4.69) is 5.32 Å². The van der Waals surface area contributed by atoms with E-state index in [1.54, 1.807) is 0 Å². The van der Waals surface area contributed by atoms with Crippen LogP contribution < -0.4 is 5.32 Å². The second-order valence-electron chi connectivity index (χ2n) is 1.85. The van der Waals surface area contributed by atoms with E-state index in [-0.39, 0.29) is 12.4 Å². The molecule has 10 heavy (non-hydrogen) atoms. The van der Waals surface area contributed by atoms with Crippen molar-refractivity contribution in [1.29, 1.82) is 0 Å². The molecule has 0 aliphatic carbocycles. The van der Waals surface area contributed by atoms with E-state index in [1.807, 2.05) is 0 Å². The van der Waals surface area contributed by atoms with Gasteiger partial charge in [-0.1, -0.05) is 0 Å². The fraction of sp³-hybridized carbons (Fsp3) is 0.800. The van der Waals surface area contributed by atoms with E-state index in [9.17, 15) is 4.79 Å². The lowest BCUT2D eigenvalue weighted by Crippen LogP contribution is -2.42. The Labute approximate surface area is 65.7 Å². The number of nitrogens with one attached hydrogen (secondary N) is 1. The molecule has 0 bridgehead atoms. The highest BCUT2D eigenvalue weighted by molar-refractivity contribution is 5.85. The molecule has 0 aliphatic rings. The summed E-state index contributed by atoms with van der Waals surface area (Å²) < 4.78 is 0. The van der Waals surface area contributed by atoms with Gasteiger partial charge in [0.15, 0.2) is 0 Å². The summed E-state index contributed by atoms with van der Waals surface area (Å²) in [4.78, 5) is 10.1.